The Labute approximate surface area is 169 Å². The molecule has 1 saturated heterocycles. The molecule has 8 heteroatoms. The molecule has 1 fully saturated rings. The number of amides is 2. The number of likely N-dealkylation sites (N-methyl/N-ethyl adjacent to an activating group) is 1. The number of piperazine rings is 1. The number of hydrogen-bond acceptors (Lipinski definition) is 5. The number of nitrogens with zero attached hydrogens (tertiary/aromatic N) is 2. The van der Waals surface area contributed by atoms with E-state index in [2.05, 4.69) is 6.92 Å². The second-order valence-corrected chi connectivity index (χ2v) is 7.58. The molecule has 0 unspecified atom stereocenters. The second kappa shape index (κ2) is 8.32. The van der Waals surface area contributed by atoms with Crippen LogP contribution in [0.25, 0.3) is 0 Å². The molecular weight excluding hydrogens is 382 g/mol. The third-order valence-corrected chi connectivity index (χ3v) is 5.34. The van der Waals surface area contributed by atoms with E-state index in [1.807, 2.05) is 4.90 Å². The molecule has 0 aromatic heterocycles. The summed E-state index contributed by atoms with van der Waals surface area (Å²) in [5.41, 5.74) is 1.00. The summed E-state index contributed by atoms with van der Waals surface area (Å²) >= 11 is 6.26. The monoisotopic (exact) mass is 406 g/mol. The Morgan fingerprint density at radius 3 is 2.29 bits per heavy atom. The highest BCUT2D eigenvalue weighted by atomic mass is 35.5. The van der Waals surface area contributed by atoms with Crippen molar-refractivity contribution in [2.24, 2.45) is 0 Å². The van der Waals surface area contributed by atoms with Crippen LogP contribution in [0.1, 0.15) is 31.1 Å². The summed E-state index contributed by atoms with van der Waals surface area (Å²) < 4.78 is 5.15. The van der Waals surface area contributed by atoms with Crippen LogP contribution in [0, 0.1) is 0 Å². The number of nitrogens with one attached hydrogen (secondary N) is 1. The van der Waals surface area contributed by atoms with Crippen LogP contribution < -0.4 is 9.80 Å². The van der Waals surface area contributed by atoms with Crippen molar-refractivity contribution in [2.45, 2.75) is 26.9 Å². The molecule has 150 valence electrons. The fourth-order valence-electron chi connectivity index (χ4n) is 3.43. The number of quaternary nitrogens is 1. The molecule has 0 atom stereocenters. The van der Waals surface area contributed by atoms with E-state index >= 15 is 0 Å². The number of halogens is 1. The molecular formula is C20H25ClN3O4+. The second-order valence-electron chi connectivity index (χ2n) is 7.20. The van der Waals surface area contributed by atoms with E-state index < -0.39 is 17.8 Å². The SMILES string of the molecule is CC[NH+]1CCN(C2=C(Cl)C(=O)N(c3ccc(C(=O)OC(C)C)cc3)C2=O)CC1. The largest absolute Gasteiger partial charge is 0.459 e. The fraction of sp³-hybridized carbons (Fsp3) is 0.450. The van der Waals surface area contributed by atoms with Gasteiger partial charge < -0.3 is 14.5 Å². The molecule has 0 spiro atoms. The van der Waals surface area contributed by atoms with Gasteiger partial charge in [-0.3, -0.25) is 9.59 Å². The molecule has 28 heavy (non-hydrogen) atoms. The summed E-state index contributed by atoms with van der Waals surface area (Å²) in [5.74, 6) is -1.41. The molecule has 2 aliphatic heterocycles. The number of ether oxygens (including phenoxy) is 1. The quantitative estimate of drug-likeness (QED) is 0.578. The number of rotatable bonds is 5. The zero-order valence-corrected chi connectivity index (χ0v) is 17.1. The number of esters is 1. The van der Waals surface area contributed by atoms with Gasteiger partial charge in [0.1, 0.15) is 10.7 Å². The summed E-state index contributed by atoms with van der Waals surface area (Å²) in [4.78, 5) is 42.0. The maximum atomic E-state index is 13.0. The Morgan fingerprint density at radius 1 is 1.14 bits per heavy atom. The van der Waals surface area contributed by atoms with E-state index in [0.717, 1.165) is 24.5 Å². The minimum absolute atomic E-state index is 0.0479. The standard InChI is InChI=1S/C20H24ClN3O4/c1-4-22-9-11-23(12-10-22)17-16(21)18(25)24(19(17)26)15-7-5-14(6-8-15)20(27)28-13(2)3/h5-8,13H,4,9-12H2,1-3H3/p+1. The number of imide groups is 1. The summed E-state index contributed by atoms with van der Waals surface area (Å²) in [6.07, 6.45) is -0.227. The highest BCUT2D eigenvalue weighted by molar-refractivity contribution is 6.52. The molecule has 2 heterocycles. The van der Waals surface area contributed by atoms with Crippen LogP contribution in [0.2, 0.25) is 0 Å². The lowest BCUT2D eigenvalue weighted by atomic mass is 10.2. The molecule has 0 aliphatic carbocycles. The Bertz CT molecular complexity index is 811. The molecule has 0 radical (unpaired) electrons. The lowest BCUT2D eigenvalue weighted by Crippen LogP contribution is -3.14. The summed E-state index contributed by atoms with van der Waals surface area (Å²) in [7, 11) is 0. The van der Waals surface area contributed by atoms with Gasteiger partial charge in [0.2, 0.25) is 0 Å². The lowest BCUT2D eigenvalue weighted by Gasteiger charge is -2.33. The molecule has 1 aromatic carbocycles. The van der Waals surface area contributed by atoms with Gasteiger partial charge in [-0.25, -0.2) is 9.69 Å². The third kappa shape index (κ3) is 3.91. The molecule has 0 saturated carbocycles. The number of carbonyl (C=O) groups is 3. The smallest absolute Gasteiger partial charge is 0.338 e. The third-order valence-electron chi connectivity index (χ3n) is 5.00. The highest BCUT2D eigenvalue weighted by Crippen LogP contribution is 2.31. The van der Waals surface area contributed by atoms with Crippen molar-refractivity contribution in [3.63, 3.8) is 0 Å². The maximum Gasteiger partial charge on any atom is 0.338 e. The average molecular weight is 407 g/mol. The molecule has 2 amide bonds. The molecule has 3 rings (SSSR count). The van der Waals surface area contributed by atoms with E-state index in [1.165, 1.54) is 17.0 Å². The van der Waals surface area contributed by atoms with Gasteiger partial charge in [-0.2, -0.15) is 0 Å². The number of anilines is 1. The van der Waals surface area contributed by atoms with Crippen LogP contribution in [0.4, 0.5) is 5.69 Å². The van der Waals surface area contributed by atoms with Gasteiger partial charge in [-0.05, 0) is 45.0 Å². The van der Waals surface area contributed by atoms with Gasteiger partial charge in [0.25, 0.3) is 11.8 Å². The van der Waals surface area contributed by atoms with Crippen LogP contribution in [0.5, 0.6) is 0 Å². The first-order valence-corrected chi connectivity index (χ1v) is 9.89. The average Bonchev–Trinajstić information content (AvgIpc) is 2.90. The molecule has 0 bridgehead atoms. The van der Waals surface area contributed by atoms with Crippen molar-refractivity contribution in [3.8, 4) is 0 Å². The van der Waals surface area contributed by atoms with Crippen LogP contribution in [0.15, 0.2) is 35.0 Å². The first-order valence-electron chi connectivity index (χ1n) is 9.51. The van der Waals surface area contributed by atoms with E-state index in [0.29, 0.717) is 24.3 Å². The Hall–Kier alpha value is -2.38. The van der Waals surface area contributed by atoms with Gasteiger partial charge in [-0.15, -0.1) is 0 Å². The van der Waals surface area contributed by atoms with Gasteiger partial charge in [0, 0.05) is 0 Å². The van der Waals surface area contributed by atoms with Crippen molar-refractivity contribution in [3.05, 3.63) is 40.6 Å². The Kier molecular flexibility index (Phi) is 6.05. The summed E-state index contributed by atoms with van der Waals surface area (Å²) in [6.45, 7) is 9.87. The minimum Gasteiger partial charge on any atom is -0.459 e. The van der Waals surface area contributed by atoms with Gasteiger partial charge in [0.15, 0.2) is 0 Å². The zero-order chi connectivity index (χ0) is 20.4. The number of hydrogen-bond donors (Lipinski definition) is 1. The maximum absolute atomic E-state index is 13.0. The van der Waals surface area contributed by atoms with Gasteiger partial charge in [-0.1, -0.05) is 11.6 Å². The molecule has 2 aliphatic rings. The predicted octanol–water partition coefficient (Wildman–Crippen LogP) is 0.796. The van der Waals surface area contributed by atoms with Crippen LogP contribution in [0.3, 0.4) is 0 Å². The summed E-state index contributed by atoms with van der Waals surface area (Å²) in [5, 5.41) is -0.0479. The van der Waals surface area contributed by atoms with Crippen molar-refractivity contribution >= 4 is 35.1 Å². The van der Waals surface area contributed by atoms with E-state index in [9.17, 15) is 14.4 Å². The first kappa shape index (κ1) is 20.4. The van der Waals surface area contributed by atoms with E-state index in [4.69, 9.17) is 16.3 Å². The van der Waals surface area contributed by atoms with Crippen LogP contribution in [-0.2, 0) is 14.3 Å². The fourth-order valence-corrected chi connectivity index (χ4v) is 3.71. The van der Waals surface area contributed by atoms with Crippen molar-refractivity contribution in [1.82, 2.24) is 4.90 Å². The molecule has 1 aromatic rings. The van der Waals surface area contributed by atoms with E-state index in [-0.39, 0.29) is 16.8 Å². The Balaban J connectivity index is 1.77. The minimum atomic E-state index is -0.538. The normalized spacial score (nSPS) is 18.5. The molecule has 1 N–H and O–H groups in total. The van der Waals surface area contributed by atoms with Crippen LogP contribution in [-0.4, -0.2) is 61.5 Å². The Morgan fingerprint density at radius 2 is 1.75 bits per heavy atom. The predicted molar refractivity (Wildman–Crippen MR) is 105 cm³/mol. The lowest BCUT2D eigenvalue weighted by molar-refractivity contribution is -0.902. The van der Waals surface area contributed by atoms with Crippen LogP contribution >= 0.6 is 11.6 Å². The first-order chi connectivity index (χ1) is 13.3. The van der Waals surface area contributed by atoms with Crippen molar-refractivity contribution < 1.29 is 24.0 Å². The topological polar surface area (TPSA) is 71.4 Å². The molecule has 7 nitrogen and oxygen atoms in total. The van der Waals surface area contributed by atoms with Gasteiger partial charge in [0.05, 0.1) is 50.1 Å². The van der Waals surface area contributed by atoms with Gasteiger partial charge >= 0.3 is 5.97 Å². The van der Waals surface area contributed by atoms with Crippen molar-refractivity contribution in [2.75, 3.05) is 37.6 Å². The summed E-state index contributed by atoms with van der Waals surface area (Å²) in [6, 6.07) is 6.18. The van der Waals surface area contributed by atoms with Crippen molar-refractivity contribution in [1.29, 1.82) is 0 Å². The van der Waals surface area contributed by atoms with E-state index in [1.54, 1.807) is 26.0 Å². The number of benzene rings is 1. The number of carbonyl (C=O) groups excluding carboxylic acids is 3. The highest BCUT2D eigenvalue weighted by Gasteiger charge is 2.42. The zero-order valence-electron chi connectivity index (χ0n) is 16.3.